The summed E-state index contributed by atoms with van der Waals surface area (Å²) < 4.78 is 21.2. The Kier molecular flexibility index (Phi) is 4.45. The first-order valence-electron chi connectivity index (χ1n) is 5.10. The molecule has 0 bridgehead atoms. The van der Waals surface area contributed by atoms with Crippen LogP contribution >= 0.6 is 10.7 Å². The van der Waals surface area contributed by atoms with Gasteiger partial charge in [0, 0.05) is 34.4 Å². The SMILES string of the molecule is CC(C)N1CCCC1CC#CS(=O)(=O)Cl. The van der Waals surface area contributed by atoms with E-state index in [1.165, 1.54) is 0 Å². The summed E-state index contributed by atoms with van der Waals surface area (Å²) in [4.78, 5) is 2.36. The molecule has 0 saturated carbocycles. The van der Waals surface area contributed by atoms with E-state index >= 15 is 0 Å². The molecule has 1 fully saturated rings. The molecule has 86 valence electrons. The van der Waals surface area contributed by atoms with E-state index in [1.807, 2.05) is 0 Å². The van der Waals surface area contributed by atoms with Crippen molar-refractivity contribution in [1.82, 2.24) is 4.90 Å². The normalized spacial score (nSPS) is 22.8. The topological polar surface area (TPSA) is 37.4 Å². The molecule has 0 amide bonds. The Morgan fingerprint density at radius 3 is 2.73 bits per heavy atom. The average Bonchev–Trinajstić information content (AvgIpc) is 2.49. The second kappa shape index (κ2) is 5.20. The van der Waals surface area contributed by atoms with Crippen molar-refractivity contribution < 1.29 is 8.42 Å². The summed E-state index contributed by atoms with van der Waals surface area (Å²) in [5.41, 5.74) is 0. The van der Waals surface area contributed by atoms with Gasteiger partial charge in [-0.15, -0.1) is 0 Å². The molecule has 0 aliphatic carbocycles. The zero-order chi connectivity index (χ0) is 11.5. The van der Waals surface area contributed by atoms with Crippen LogP contribution in [0.5, 0.6) is 0 Å². The van der Waals surface area contributed by atoms with Gasteiger partial charge in [-0.25, -0.2) is 0 Å². The summed E-state index contributed by atoms with van der Waals surface area (Å²) in [7, 11) is 1.34. The van der Waals surface area contributed by atoms with Crippen LogP contribution in [0.15, 0.2) is 0 Å². The highest BCUT2D eigenvalue weighted by molar-refractivity contribution is 8.17. The molecular weight excluding hydrogens is 234 g/mol. The first-order valence-corrected chi connectivity index (χ1v) is 7.41. The predicted molar refractivity (Wildman–Crippen MR) is 62.0 cm³/mol. The van der Waals surface area contributed by atoms with Crippen LogP contribution in [-0.2, 0) is 9.05 Å². The van der Waals surface area contributed by atoms with Gasteiger partial charge in [0.15, 0.2) is 0 Å². The van der Waals surface area contributed by atoms with Crippen molar-refractivity contribution in [3.8, 4) is 11.2 Å². The predicted octanol–water partition coefficient (Wildman–Crippen LogP) is 1.78. The standard InChI is InChI=1S/C10H16ClNO2S/c1-9(2)12-7-3-5-10(12)6-4-8-15(11,13)14/h9-10H,3,5-7H2,1-2H3. The van der Waals surface area contributed by atoms with Crippen LogP contribution in [0.1, 0.15) is 33.1 Å². The smallest absolute Gasteiger partial charge is 0.297 e. The summed E-state index contributed by atoms with van der Waals surface area (Å²) >= 11 is 0. The van der Waals surface area contributed by atoms with Crippen LogP contribution in [0.3, 0.4) is 0 Å². The number of nitrogens with zero attached hydrogens (tertiary/aromatic N) is 1. The van der Waals surface area contributed by atoms with Gasteiger partial charge >= 0.3 is 9.05 Å². The Balaban J connectivity index is 2.54. The van der Waals surface area contributed by atoms with E-state index in [4.69, 9.17) is 10.7 Å². The highest BCUT2D eigenvalue weighted by atomic mass is 35.7. The van der Waals surface area contributed by atoms with E-state index in [0.717, 1.165) is 19.4 Å². The molecule has 15 heavy (non-hydrogen) atoms. The first-order chi connectivity index (χ1) is 6.90. The molecule has 0 aromatic rings. The molecule has 1 unspecified atom stereocenters. The maximum absolute atomic E-state index is 10.6. The molecule has 0 aromatic carbocycles. The Bertz CT molecular complexity index is 367. The van der Waals surface area contributed by atoms with Gasteiger partial charge in [0.1, 0.15) is 0 Å². The lowest BCUT2D eigenvalue weighted by Gasteiger charge is -2.26. The molecule has 1 aliphatic heterocycles. The van der Waals surface area contributed by atoms with Crippen molar-refractivity contribution in [3.63, 3.8) is 0 Å². The summed E-state index contributed by atoms with van der Waals surface area (Å²) in [6.07, 6.45) is 2.84. The highest BCUT2D eigenvalue weighted by Crippen LogP contribution is 2.21. The van der Waals surface area contributed by atoms with Crippen LogP contribution < -0.4 is 0 Å². The van der Waals surface area contributed by atoms with E-state index < -0.39 is 9.05 Å². The summed E-state index contributed by atoms with van der Waals surface area (Å²) in [5, 5.41) is 2.07. The zero-order valence-electron chi connectivity index (χ0n) is 9.03. The second-order valence-electron chi connectivity index (χ2n) is 4.05. The third-order valence-corrected chi connectivity index (χ3v) is 3.24. The van der Waals surface area contributed by atoms with E-state index in [9.17, 15) is 8.42 Å². The summed E-state index contributed by atoms with van der Waals surface area (Å²) in [6, 6.07) is 0.878. The third-order valence-electron chi connectivity index (χ3n) is 2.62. The summed E-state index contributed by atoms with van der Waals surface area (Å²) in [6.45, 7) is 5.37. The van der Waals surface area contributed by atoms with Gasteiger partial charge in [-0.2, -0.15) is 8.42 Å². The molecule has 0 N–H and O–H groups in total. The fourth-order valence-electron chi connectivity index (χ4n) is 2.00. The van der Waals surface area contributed by atoms with Gasteiger partial charge in [-0.1, -0.05) is 5.92 Å². The monoisotopic (exact) mass is 249 g/mol. The van der Waals surface area contributed by atoms with E-state index in [-0.39, 0.29) is 0 Å². The number of likely N-dealkylation sites (tertiary alicyclic amines) is 1. The first kappa shape index (κ1) is 12.8. The molecule has 0 aromatic heterocycles. The van der Waals surface area contributed by atoms with Gasteiger partial charge in [0.2, 0.25) is 0 Å². The van der Waals surface area contributed by atoms with Gasteiger partial charge in [0.05, 0.1) is 0 Å². The maximum Gasteiger partial charge on any atom is 0.300 e. The van der Waals surface area contributed by atoms with Crippen LogP contribution in [0.2, 0.25) is 0 Å². The maximum atomic E-state index is 10.6. The molecule has 0 spiro atoms. The van der Waals surface area contributed by atoms with Gasteiger partial charge < -0.3 is 0 Å². The van der Waals surface area contributed by atoms with Gasteiger partial charge in [-0.05, 0) is 33.2 Å². The van der Waals surface area contributed by atoms with Crippen LogP contribution in [0.4, 0.5) is 0 Å². The Hall–Kier alpha value is -0.240. The molecule has 1 atom stereocenters. The minimum atomic E-state index is -3.66. The quantitative estimate of drug-likeness (QED) is 0.553. The Morgan fingerprint density at radius 2 is 2.20 bits per heavy atom. The lowest BCUT2D eigenvalue weighted by atomic mass is 10.1. The molecule has 1 aliphatic rings. The number of halogens is 1. The van der Waals surface area contributed by atoms with Crippen molar-refractivity contribution in [2.24, 2.45) is 0 Å². The molecule has 5 heteroatoms. The molecule has 1 heterocycles. The largest absolute Gasteiger partial charge is 0.300 e. The highest BCUT2D eigenvalue weighted by Gasteiger charge is 2.25. The molecule has 3 nitrogen and oxygen atoms in total. The average molecular weight is 250 g/mol. The van der Waals surface area contributed by atoms with Gasteiger partial charge in [0.25, 0.3) is 0 Å². The van der Waals surface area contributed by atoms with Crippen molar-refractivity contribution >= 4 is 19.7 Å². The van der Waals surface area contributed by atoms with Crippen molar-refractivity contribution in [2.75, 3.05) is 6.54 Å². The Morgan fingerprint density at radius 1 is 1.53 bits per heavy atom. The van der Waals surface area contributed by atoms with Crippen LogP contribution in [0.25, 0.3) is 0 Å². The minimum Gasteiger partial charge on any atom is -0.297 e. The second-order valence-corrected chi connectivity index (χ2v) is 6.35. The van der Waals surface area contributed by atoms with Gasteiger partial charge in [-0.3, -0.25) is 4.90 Å². The third kappa shape index (κ3) is 4.42. The van der Waals surface area contributed by atoms with E-state index in [2.05, 4.69) is 29.9 Å². The fraction of sp³-hybridized carbons (Fsp3) is 0.800. The molecule has 1 saturated heterocycles. The Labute approximate surface area is 96.2 Å². The fourth-order valence-corrected chi connectivity index (χ4v) is 2.42. The molecule has 0 radical (unpaired) electrons. The number of rotatable bonds is 2. The number of hydrogen-bond acceptors (Lipinski definition) is 3. The van der Waals surface area contributed by atoms with Crippen LogP contribution in [0, 0.1) is 11.2 Å². The van der Waals surface area contributed by atoms with Crippen molar-refractivity contribution in [3.05, 3.63) is 0 Å². The van der Waals surface area contributed by atoms with Crippen LogP contribution in [-0.4, -0.2) is 31.9 Å². The van der Waals surface area contributed by atoms with E-state index in [1.54, 1.807) is 0 Å². The lowest BCUT2D eigenvalue weighted by molar-refractivity contribution is 0.206. The summed E-state index contributed by atoms with van der Waals surface area (Å²) in [5.74, 6) is 2.64. The van der Waals surface area contributed by atoms with Crippen molar-refractivity contribution in [2.45, 2.75) is 45.2 Å². The van der Waals surface area contributed by atoms with E-state index in [0.29, 0.717) is 18.5 Å². The zero-order valence-corrected chi connectivity index (χ0v) is 10.6. The minimum absolute atomic E-state index is 0.385. The lowest BCUT2D eigenvalue weighted by Crippen LogP contribution is -2.35. The number of hydrogen-bond donors (Lipinski definition) is 0. The van der Waals surface area contributed by atoms with Crippen molar-refractivity contribution in [1.29, 1.82) is 0 Å². The molecular formula is C10H16ClNO2S. The molecule has 1 rings (SSSR count).